The number of anilines is 1. The van der Waals surface area contributed by atoms with Crippen molar-refractivity contribution in [2.24, 2.45) is 0 Å². The maximum atomic E-state index is 12.4. The second-order valence-electron chi connectivity index (χ2n) is 5.50. The zero-order valence-corrected chi connectivity index (χ0v) is 15.0. The maximum absolute atomic E-state index is 12.4. The summed E-state index contributed by atoms with van der Waals surface area (Å²) in [6.07, 6.45) is 0. The molecule has 0 aliphatic carbocycles. The van der Waals surface area contributed by atoms with Crippen LogP contribution in [-0.4, -0.2) is 10.8 Å². The van der Waals surface area contributed by atoms with E-state index in [-0.39, 0.29) is 16.5 Å². The van der Waals surface area contributed by atoms with E-state index in [1.54, 1.807) is 24.3 Å². The van der Waals surface area contributed by atoms with Gasteiger partial charge in [-0.2, -0.15) is 0 Å². The molecule has 0 atom stereocenters. The maximum Gasteiger partial charge on any atom is 0.291 e. The first-order valence-electron chi connectivity index (χ1n) is 7.47. The molecule has 1 N–H and O–H groups in total. The van der Waals surface area contributed by atoms with Gasteiger partial charge in [-0.1, -0.05) is 29.3 Å². The van der Waals surface area contributed by atoms with E-state index < -0.39 is 10.8 Å². The van der Waals surface area contributed by atoms with Crippen molar-refractivity contribution < 1.29 is 14.1 Å². The summed E-state index contributed by atoms with van der Waals surface area (Å²) in [6.45, 7) is 1.84. The van der Waals surface area contributed by atoms with Crippen LogP contribution < -0.4 is 5.32 Å². The molecule has 3 rings (SSSR count). The summed E-state index contributed by atoms with van der Waals surface area (Å²) in [5.74, 6) is -0.0358. The number of nitro groups is 1. The van der Waals surface area contributed by atoms with Crippen molar-refractivity contribution in [3.05, 3.63) is 80.0 Å². The molecule has 0 aliphatic heterocycles. The Morgan fingerprint density at radius 3 is 2.58 bits per heavy atom. The van der Waals surface area contributed by atoms with Gasteiger partial charge in [0.2, 0.25) is 0 Å². The summed E-state index contributed by atoms with van der Waals surface area (Å²) in [7, 11) is 0. The number of nitrogens with one attached hydrogen (secondary N) is 1. The van der Waals surface area contributed by atoms with Gasteiger partial charge in [-0.05, 0) is 42.8 Å². The van der Waals surface area contributed by atoms with Crippen molar-refractivity contribution in [3.8, 4) is 11.3 Å². The summed E-state index contributed by atoms with van der Waals surface area (Å²) in [4.78, 5) is 22.6. The summed E-state index contributed by atoms with van der Waals surface area (Å²) < 4.78 is 5.56. The first-order chi connectivity index (χ1) is 12.3. The molecule has 0 saturated carbocycles. The van der Waals surface area contributed by atoms with Gasteiger partial charge in [-0.25, -0.2) is 0 Å². The molecule has 2 aromatic carbocycles. The number of carbonyl (C=O) groups excluding carboxylic acids is 1. The highest BCUT2D eigenvalue weighted by Crippen LogP contribution is 2.32. The number of nitro benzene ring substituents is 1. The molecule has 0 fully saturated rings. The van der Waals surface area contributed by atoms with Crippen LogP contribution in [-0.2, 0) is 0 Å². The Labute approximate surface area is 158 Å². The van der Waals surface area contributed by atoms with E-state index >= 15 is 0 Å². The van der Waals surface area contributed by atoms with Gasteiger partial charge in [-0.3, -0.25) is 14.9 Å². The predicted molar refractivity (Wildman–Crippen MR) is 100.0 cm³/mol. The van der Waals surface area contributed by atoms with Crippen molar-refractivity contribution in [2.45, 2.75) is 6.92 Å². The van der Waals surface area contributed by atoms with E-state index in [4.69, 9.17) is 27.6 Å². The van der Waals surface area contributed by atoms with Gasteiger partial charge >= 0.3 is 0 Å². The number of non-ortho nitro benzene ring substituents is 1. The predicted octanol–water partition coefficient (Wildman–Crippen LogP) is 5.72. The molecule has 6 nitrogen and oxygen atoms in total. The highest BCUT2D eigenvalue weighted by atomic mass is 35.5. The first kappa shape index (κ1) is 18.0. The third kappa shape index (κ3) is 3.71. The minimum atomic E-state index is -0.538. The Morgan fingerprint density at radius 2 is 1.88 bits per heavy atom. The molecule has 3 aromatic rings. The number of carbonyl (C=O) groups is 1. The number of nitrogens with zero attached hydrogens (tertiary/aromatic N) is 1. The highest BCUT2D eigenvalue weighted by Gasteiger charge is 2.17. The SMILES string of the molecule is Cc1ccc(Cl)cc1NC(=O)c1ccc(-c2ccc([N+](=O)[O-])cc2Cl)o1. The summed E-state index contributed by atoms with van der Waals surface area (Å²) in [6, 6.07) is 12.3. The fourth-order valence-corrected chi connectivity index (χ4v) is 2.77. The lowest BCUT2D eigenvalue weighted by Gasteiger charge is -2.07. The van der Waals surface area contributed by atoms with Crippen molar-refractivity contribution >= 4 is 40.5 Å². The average Bonchev–Trinajstić information content (AvgIpc) is 3.08. The lowest BCUT2D eigenvalue weighted by molar-refractivity contribution is -0.384. The highest BCUT2D eigenvalue weighted by molar-refractivity contribution is 6.33. The number of furan rings is 1. The molecule has 1 aromatic heterocycles. The Balaban J connectivity index is 1.84. The van der Waals surface area contributed by atoms with Gasteiger partial charge in [0.1, 0.15) is 5.76 Å². The molecule has 0 unspecified atom stereocenters. The molecule has 0 bridgehead atoms. The summed E-state index contributed by atoms with van der Waals surface area (Å²) in [5, 5.41) is 14.2. The second-order valence-corrected chi connectivity index (χ2v) is 6.34. The zero-order chi connectivity index (χ0) is 18.8. The van der Waals surface area contributed by atoms with E-state index in [1.165, 1.54) is 24.3 Å². The minimum absolute atomic E-state index is 0.0776. The average molecular weight is 391 g/mol. The number of amides is 1. The zero-order valence-electron chi connectivity index (χ0n) is 13.5. The van der Waals surface area contributed by atoms with Crippen molar-refractivity contribution in [2.75, 3.05) is 5.32 Å². The van der Waals surface area contributed by atoms with Gasteiger partial charge in [0, 0.05) is 28.4 Å². The van der Waals surface area contributed by atoms with Crippen LogP contribution in [0.15, 0.2) is 52.9 Å². The van der Waals surface area contributed by atoms with E-state index in [0.717, 1.165) is 5.56 Å². The van der Waals surface area contributed by atoms with Gasteiger partial charge < -0.3 is 9.73 Å². The largest absolute Gasteiger partial charge is 0.451 e. The van der Waals surface area contributed by atoms with Crippen molar-refractivity contribution in [1.29, 1.82) is 0 Å². The Hall–Kier alpha value is -2.83. The van der Waals surface area contributed by atoms with E-state index in [2.05, 4.69) is 5.32 Å². The monoisotopic (exact) mass is 390 g/mol. The van der Waals surface area contributed by atoms with Gasteiger partial charge in [0.15, 0.2) is 5.76 Å². The van der Waals surface area contributed by atoms with E-state index in [9.17, 15) is 14.9 Å². The third-order valence-corrected chi connectivity index (χ3v) is 4.25. The number of halogens is 2. The molecular weight excluding hydrogens is 379 g/mol. The minimum Gasteiger partial charge on any atom is -0.451 e. The normalized spacial score (nSPS) is 10.6. The van der Waals surface area contributed by atoms with Crippen LogP contribution in [0.4, 0.5) is 11.4 Å². The fraction of sp³-hybridized carbons (Fsp3) is 0.0556. The lowest BCUT2D eigenvalue weighted by Crippen LogP contribution is -2.11. The molecule has 1 heterocycles. The van der Waals surface area contributed by atoms with Crippen LogP contribution in [0.3, 0.4) is 0 Å². The van der Waals surface area contributed by atoms with Crippen LogP contribution in [0.2, 0.25) is 10.0 Å². The summed E-state index contributed by atoms with van der Waals surface area (Å²) >= 11 is 12.0. The number of aryl methyl sites for hydroxylation is 1. The fourth-order valence-electron chi connectivity index (χ4n) is 2.33. The van der Waals surface area contributed by atoms with Gasteiger partial charge in [0.05, 0.1) is 9.95 Å². The number of benzene rings is 2. The van der Waals surface area contributed by atoms with Gasteiger partial charge in [0.25, 0.3) is 11.6 Å². The van der Waals surface area contributed by atoms with Crippen LogP contribution in [0.1, 0.15) is 16.1 Å². The Bertz CT molecular complexity index is 1010. The van der Waals surface area contributed by atoms with Crippen molar-refractivity contribution in [3.63, 3.8) is 0 Å². The molecule has 0 spiro atoms. The second kappa shape index (κ2) is 7.19. The smallest absolute Gasteiger partial charge is 0.291 e. The van der Waals surface area contributed by atoms with Crippen LogP contribution >= 0.6 is 23.2 Å². The van der Waals surface area contributed by atoms with Crippen LogP contribution in [0.5, 0.6) is 0 Å². The molecule has 0 saturated heterocycles. The Morgan fingerprint density at radius 1 is 1.12 bits per heavy atom. The van der Waals surface area contributed by atoms with E-state index in [0.29, 0.717) is 22.0 Å². The molecule has 1 amide bonds. The number of rotatable bonds is 4. The molecule has 0 radical (unpaired) electrons. The molecule has 132 valence electrons. The molecule has 0 aliphatic rings. The third-order valence-electron chi connectivity index (χ3n) is 3.71. The quantitative estimate of drug-likeness (QED) is 0.455. The first-order valence-corrected chi connectivity index (χ1v) is 8.22. The Kier molecular flexibility index (Phi) is 4.97. The standard InChI is InChI=1S/C18H12Cl2N2O4/c1-10-2-3-11(19)8-15(10)21-18(23)17-7-6-16(26-17)13-5-4-12(22(24)25)9-14(13)20/h2-9H,1H3,(H,21,23). The van der Waals surface area contributed by atoms with Crippen molar-refractivity contribution in [1.82, 2.24) is 0 Å². The molecule has 26 heavy (non-hydrogen) atoms. The molecule has 8 heteroatoms. The number of hydrogen-bond donors (Lipinski definition) is 1. The molecular formula is C18H12Cl2N2O4. The van der Waals surface area contributed by atoms with Gasteiger partial charge in [-0.15, -0.1) is 0 Å². The summed E-state index contributed by atoms with van der Waals surface area (Å²) in [5.41, 5.74) is 1.76. The van der Waals surface area contributed by atoms with Crippen LogP contribution in [0, 0.1) is 17.0 Å². The topological polar surface area (TPSA) is 85.4 Å². The van der Waals surface area contributed by atoms with Crippen LogP contribution in [0.25, 0.3) is 11.3 Å². The van der Waals surface area contributed by atoms with E-state index in [1.807, 2.05) is 6.92 Å². The lowest BCUT2D eigenvalue weighted by atomic mass is 10.1. The number of hydrogen-bond acceptors (Lipinski definition) is 4.